The van der Waals surface area contributed by atoms with Crippen LogP contribution in [0, 0.1) is 18.6 Å². The van der Waals surface area contributed by atoms with Crippen molar-refractivity contribution in [3.63, 3.8) is 0 Å². The Labute approximate surface area is 171 Å². The summed E-state index contributed by atoms with van der Waals surface area (Å²) in [5.41, 5.74) is 1.76. The fourth-order valence-electron chi connectivity index (χ4n) is 4.60. The van der Waals surface area contributed by atoms with E-state index in [4.69, 9.17) is 4.52 Å². The Morgan fingerprint density at radius 1 is 1.17 bits per heavy atom. The van der Waals surface area contributed by atoms with Gasteiger partial charge in [-0.1, -0.05) is 18.0 Å². The summed E-state index contributed by atoms with van der Waals surface area (Å²) < 4.78 is 33.8. The number of aromatic nitrogens is 4. The molecule has 0 saturated heterocycles. The second kappa shape index (κ2) is 7.00. The van der Waals surface area contributed by atoms with Gasteiger partial charge in [0, 0.05) is 24.2 Å². The molecule has 5 rings (SSSR count). The lowest BCUT2D eigenvalue weighted by Gasteiger charge is -2.26. The number of hydrogen-bond acceptors (Lipinski definition) is 5. The van der Waals surface area contributed by atoms with E-state index >= 15 is 0 Å². The maximum Gasteiger partial charge on any atom is 0.272 e. The molecule has 0 bridgehead atoms. The lowest BCUT2D eigenvalue weighted by atomic mass is 9.96. The van der Waals surface area contributed by atoms with Gasteiger partial charge in [0.1, 0.15) is 5.54 Å². The van der Waals surface area contributed by atoms with Crippen molar-refractivity contribution in [2.75, 3.05) is 0 Å². The predicted octanol–water partition coefficient (Wildman–Crippen LogP) is 3.53. The minimum atomic E-state index is -0.946. The summed E-state index contributed by atoms with van der Waals surface area (Å²) in [7, 11) is 0. The van der Waals surface area contributed by atoms with Gasteiger partial charge in [0.2, 0.25) is 5.89 Å². The summed E-state index contributed by atoms with van der Waals surface area (Å²) in [4.78, 5) is 17.7. The highest BCUT2D eigenvalue weighted by Crippen LogP contribution is 2.38. The first kappa shape index (κ1) is 18.9. The first-order valence-electron chi connectivity index (χ1n) is 10.2. The minimum absolute atomic E-state index is 0.307. The number of fused-ring (bicyclic) bond motifs is 1. The van der Waals surface area contributed by atoms with Crippen molar-refractivity contribution in [2.45, 2.75) is 57.4 Å². The number of halogens is 2. The van der Waals surface area contributed by atoms with Crippen LogP contribution in [0.4, 0.5) is 8.78 Å². The zero-order chi connectivity index (χ0) is 20.9. The third-order valence-corrected chi connectivity index (χ3v) is 6.06. The molecule has 1 fully saturated rings. The van der Waals surface area contributed by atoms with Gasteiger partial charge in [-0.05, 0) is 44.2 Å². The van der Waals surface area contributed by atoms with Crippen LogP contribution in [0.25, 0.3) is 5.69 Å². The van der Waals surface area contributed by atoms with Gasteiger partial charge in [-0.25, -0.2) is 13.5 Å². The number of nitrogens with zero attached hydrogens (tertiary/aromatic N) is 4. The number of carbonyl (C=O) groups excluding carboxylic acids is 1. The summed E-state index contributed by atoms with van der Waals surface area (Å²) in [6, 6.07) is 3.63. The van der Waals surface area contributed by atoms with E-state index in [2.05, 4.69) is 20.6 Å². The van der Waals surface area contributed by atoms with Gasteiger partial charge in [-0.15, -0.1) is 0 Å². The number of nitrogens with one attached hydrogen (secondary N) is 1. The molecule has 2 heterocycles. The van der Waals surface area contributed by atoms with Gasteiger partial charge in [0.05, 0.1) is 5.69 Å². The van der Waals surface area contributed by atoms with Gasteiger partial charge in [-0.2, -0.15) is 10.1 Å². The fourth-order valence-corrected chi connectivity index (χ4v) is 4.60. The lowest BCUT2D eigenvalue weighted by Crippen LogP contribution is -2.45. The van der Waals surface area contributed by atoms with Crippen molar-refractivity contribution in [3.05, 3.63) is 58.5 Å². The minimum Gasteiger partial charge on any atom is -0.340 e. The summed E-state index contributed by atoms with van der Waals surface area (Å²) in [6.07, 6.45) is 5.68. The fraction of sp³-hybridized carbons (Fsp3) is 0.429. The Balaban J connectivity index is 1.51. The van der Waals surface area contributed by atoms with Crippen LogP contribution in [0.15, 0.2) is 22.7 Å². The van der Waals surface area contributed by atoms with Crippen LogP contribution >= 0.6 is 0 Å². The van der Waals surface area contributed by atoms with Crippen LogP contribution in [-0.4, -0.2) is 25.8 Å². The van der Waals surface area contributed by atoms with E-state index in [1.165, 1.54) is 6.07 Å². The van der Waals surface area contributed by atoms with Crippen molar-refractivity contribution in [3.8, 4) is 5.69 Å². The molecule has 30 heavy (non-hydrogen) atoms. The van der Waals surface area contributed by atoms with Crippen LogP contribution in [0.2, 0.25) is 0 Å². The molecule has 1 aromatic carbocycles. The molecule has 0 spiro atoms. The molecular formula is C21H21F2N5O2. The van der Waals surface area contributed by atoms with Crippen molar-refractivity contribution in [2.24, 2.45) is 0 Å². The monoisotopic (exact) mass is 413 g/mol. The SMILES string of the molecule is Cc1nc(C2(NC(=O)c3nn(-c4ccc(F)c(F)c4)c4c3CCC4)CCCC2)no1. The molecule has 0 atom stereocenters. The van der Waals surface area contributed by atoms with Crippen molar-refractivity contribution in [1.29, 1.82) is 0 Å². The molecule has 2 aliphatic carbocycles. The molecule has 1 saturated carbocycles. The molecule has 0 unspecified atom stereocenters. The zero-order valence-corrected chi connectivity index (χ0v) is 16.5. The summed E-state index contributed by atoms with van der Waals surface area (Å²) in [5, 5.41) is 11.7. The highest BCUT2D eigenvalue weighted by atomic mass is 19.2. The molecule has 0 aliphatic heterocycles. The maximum absolute atomic E-state index is 13.8. The van der Waals surface area contributed by atoms with E-state index in [1.54, 1.807) is 11.6 Å². The Kier molecular flexibility index (Phi) is 4.41. The molecule has 2 aromatic heterocycles. The molecule has 3 aromatic rings. The quantitative estimate of drug-likeness (QED) is 0.707. The first-order chi connectivity index (χ1) is 14.5. The lowest BCUT2D eigenvalue weighted by molar-refractivity contribution is 0.0885. The van der Waals surface area contributed by atoms with Crippen molar-refractivity contribution >= 4 is 5.91 Å². The number of rotatable bonds is 4. The van der Waals surface area contributed by atoms with Gasteiger partial charge in [-0.3, -0.25) is 4.79 Å². The average Bonchev–Trinajstić information content (AvgIpc) is 3.48. The predicted molar refractivity (Wildman–Crippen MR) is 102 cm³/mol. The highest BCUT2D eigenvalue weighted by Gasteiger charge is 2.42. The van der Waals surface area contributed by atoms with E-state index in [0.717, 1.165) is 68.3 Å². The number of carbonyl (C=O) groups is 1. The van der Waals surface area contributed by atoms with E-state index in [9.17, 15) is 13.6 Å². The zero-order valence-electron chi connectivity index (χ0n) is 16.5. The smallest absolute Gasteiger partial charge is 0.272 e. The van der Waals surface area contributed by atoms with Gasteiger partial charge in [0.25, 0.3) is 5.91 Å². The Hall–Kier alpha value is -3.10. The molecule has 1 amide bonds. The Morgan fingerprint density at radius 2 is 1.97 bits per heavy atom. The van der Waals surface area contributed by atoms with Gasteiger partial charge < -0.3 is 9.84 Å². The van der Waals surface area contributed by atoms with Crippen molar-refractivity contribution in [1.82, 2.24) is 25.2 Å². The van der Waals surface area contributed by atoms with Crippen LogP contribution in [0.1, 0.15) is 65.6 Å². The third-order valence-electron chi connectivity index (χ3n) is 6.06. The van der Waals surface area contributed by atoms with E-state index in [-0.39, 0.29) is 5.91 Å². The van der Waals surface area contributed by atoms with E-state index < -0.39 is 17.2 Å². The summed E-state index contributed by atoms with van der Waals surface area (Å²) in [5.74, 6) is -1.23. The first-order valence-corrected chi connectivity index (χ1v) is 10.2. The Bertz CT molecular complexity index is 1130. The van der Waals surface area contributed by atoms with Crippen LogP contribution < -0.4 is 5.32 Å². The summed E-state index contributed by atoms with van der Waals surface area (Å²) >= 11 is 0. The molecule has 1 N–H and O–H groups in total. The van der Waals surface area contributed by atoms with Gasteiger partial charge >= 0.3 is 0 Å². The highest BCUT2D eigenvalue weighted by molar-refractivity contribution is 5.95. The standard InChI is InChI=1S/C21H21F2N5O2/c1-12-24-20(27-30-12)21(9-2-3-10-21)25-19(29)18-14-5-4-6-17(14)28(26-18)13-7-8-15(22)16(23)11-13/h7-8,11H,2-6,9-10H2,1H3,(H,25,29). The topological polar surface area (TPSA) is 85.8 Å². The maximum atomic E-state index is 13.8. The number of hydrogen-bond donors (Lipinski definition) is 1. The normalized spacial score (nSPS) is 17.3. The van der Waals surface area contributed by atoms with Crippen LogP contribution in [0.3, 0.4) is 0 Å². The number of aryl methyl sites for hydroxylation is 1. The summed E-state index contributed by atoms with van der Waals surface area (Å²) in [6.45, 7) is 1.72. The largest absolute Gasteiger partial charge is 0.340 e. The third kappa shape index (κ3) is 3.00. The number of amides is 1. The van der Waals surface area contributed by atoms with Crippen LogP contribution in [0.5, 0.6) is 0 Å². The second-order valence-electron chi connectivity index (χ2n) is 8.02. The van der Waals surface area contributed by atoms with Crippen molar-refractivity contribution < 1.29 is 18.1 Å². The molecule has 7 nitrogen and oxygen atoms in total. The molecule has 156 valence electrons. The van der Waals surface area contributed by atoms with Gasteiger partial charge in [0.15, 0.2) is 23.2 Å². The molecule has 2 aliphatic rings. The van der Waals surface area contributed by atoms with E-state index in [1.807, 2.05) is 0 Å². The van der Waals surface area contributed by atoms with E-state index in [0.29, 0.717) is 23.1 Å². The molecule has 9 heteroatoms. The number of benzene rings is 1. The van der Waals surface area contributed by atoms with Crippen LogP contribution in [-0.2, 0) is 18.4 Å². The molecular weight excluding hydrogens is 392 g/mol. The Morgan fingerprint density at radius 3 is 2.67 bits per heavy atom. The average molecular weight is 413 g/mol. The molecule has 0 radical (unpaired) electrons. The second-order valence-corrected chi connectivity index (χ2v) is 8.02.